The molecule has 3 heteroatoms. The molecule has 0 atom stereocenters. The molecule has 3 rings (SSSR count). The number of hydrogen-bond donors (Lipinski definition) is 1. The minimum absolute atomic E-state index is 0.0947. The van der Waals surface area contributed by atoms with Gasteiger partial charge in [0.15, 0.2) is 0 Å². The molecule has 1 N–H and O–H groups in total. The average Bonchev–Trinajstić information content (AvgIpc) is 2.39. The normalized spacial score (nSPS) is 10.6. The largest absolute Gasteiger partial charge is 0.322 e. The summed E-state index contributed by atoms with van der Waals surface area (Å²) in [5.74, 6) is 0. The fourth-order valence-corrected chi connectivity index (χ4v) is 1.91. The van der Waals surface area contributed by atoms with Crippen LogP contribution in [0.5, 0.6) is 0 Å². The monoisotopic (exact) mass is 222 g/mol. The van der Waals surface area contributed by atoms with Crippen molar-refractivity contribution in [2.24, 2.45) is 0 Å². The molecule has 0 amide bonds. The molecule has 0 saturated carbocycles. The van der Waals surface area contributed by atoms with E-state index in [2.05, 4.69) is 9.97 Å². The third-order valence-electron chi connectivity index (χ3n) is 2.70. The minimum atomic E-state index is -0.0947. The Morgan fingerprint density at radius 2 is 1.76 bits per heavy atom. The first-order valence-corrected chi connectivity index (χ1v) is 5.38. The predicted molar refractivity (Wildman–Crippen MR) is 67.8 cm³/mol. The first kappa shape index (κ1) is 9.78. The van der Waals surface area contributed by atoms with Gasteiger partial charge in [0, 0.05) is 23.2 Å². The van der Waals surface area contributed by atoms with Crippen LogP contribution in [0.3, 0.4) is 0 Å². The number of fused-ring (bicyclic) bond motifs is 1. The van der Waals surface area contributed by atoms with Crippen LogP contribution in [0.15, 0.2) is 59.5 Å². The summed E-state index contributed by atoms with van der Waals surface area (Å²) in [6, 6.07) is 15.1. The van der Waals surface area contributed by atoms with Crippen LogP contribution in [0.1, 0.15) is 0 Å². The number of rotatable bonds is 1. The molecule has 0 unspecified atom stereocenters. The van der Waals surface area contributed by atoms with E-state index in [0.29, 0.717) is 0 Å². The number of aromatic nitrogens is 2. The molecule has 2 heterocycles. The van der Waals surface area contributed by atoms with Crippen molar-refractivity contribution in [1.29, 1.82) is 0 Å². The van der Waals surface area contributed by atoms with Crippen molar-refractivity contribution in [2.75, 3.05) is 0 Å². The van der Waals surface area contributed by atoms with Gasteiger partial charge in [0.05, 0.1) is 11.2 Å². The fraction of sp³-hybridized carbons (Fsp3) is 0. The number of H-pyrrole nitrogens is 1. The second-order valence-electron chi connectivity index (χ2n) is 3.81. The standard InChI is InChI=1S/C14H10N2O/c17-13-7-6-11-12(16-13)8-9-15-14(11)10-4-2-1-3-5-10/h1-9H,(H,16,17). The van der Waals surface area contributed by atoms with Gasteiger partial charge in [-0.25, -0.2) is 0 Å². The van der Waals surface area contributed by atoms with Gasteiger partial charge < -0.3 is 4.98 Å². The third-order valence-corrected chi connectivity index (χ3v) is 2.70. The van der Waals surface area contributed by atoms with Gasteiger partial charge in [-0.3, -0.25) is 9.78 Å². The Balaban J connectivity index is 2.34. The molecule has 1 aromatic carbocycles. The molecule has 3 nitrogen and oxygen atoms in total. The van der Waals surface area contributed by atoms with Gasteiger partial charge >= 0.3 is 0 Å². The molecule has 0 aliphatic rings. The molecule has 0 radical (unpaired) electrons. The van der Waals surface area contributed by atoms with Crippen molar-refractivity contribution in [1.82, 2.24) is 9.97 Å². The van der Waals surface area contributed by atoms with Gasteiger partial charge in [-0.15, -0.1) is 0 Å². The molecular weight excluding hydrogens is 212 g/mol. The van der Waals surface area contributed by atoms with Crippen LogP contribution in [0.25, 0.3) is 22.2 Å². The molecule has 0 saturated heterocycles. The summed E-state index contributed by atoms with van der Waals surface area (Å²) in [5.41, 5.74) is 2.65. The van der Waals surface area contributed by atoms with Crippen LogP contribution in [0, 0.1) is 0 Å². The van der Waals surface area contributed by atoms with Gasteiger partial charge in [-0.05, 0) is 12.1 Å². The minimum Gasteiger partial charge on any atom is -0.322 e. The van der Waals surface area contributed by atoms with Crippen LogP contribution in [0.2, 0.25) is 0 Å². The Bertz CT molecular complexity index is 717. The van der Waals surface area contributed by atoms with Crippen LogP contribution in [-0.4, -0.2) is 9.97 Å². The van der Waals surface area contributed by atoms with Gasteiger partial charge in [0.2, 0.25) is 5.56 Å². The first-order valence-electron chi connectivity index (χ1n) is 5.38. The zero-order valence-corrected chi connectivity index (χ0v) is 9.05. The quantitative estimate of drug-likeness (QED) is 0.687. The lowest BCUT2D eigenvalue weighted by Crippen LogP contribution is -2.03. The van der Waals surface area contributed by atoms with Gasteiger partial charge in [-0.2, -0.15) is 0 Å². The van der Waals surface area contributed by atoms with E-state index in [-0.39, 0.29) is 5.56 Å². The van der Waals surface area contributed by atoms with E-state index in [0.717, 1.165) is 22.2 Å². The maximum absolute atomic E-state index is 11.3. The summed E-state index contributed by atoms with van der Waals surface area (Å²) in [7, 11) is 0. The van der Waals surface area contributed by atoms with E-state index < -0.39 is 0 Å². The second kappa shape index (κ2) is 3.87. The smallest absolute Gasteiger partial charge is 0.248 e. The zero-order chi connectivity index (χ0) is 11.7. The highest BCUT2D eigenvalue weighted by molar-refractivity contribution is 5.91. The summed E-state index contributed by atoms with van der Waals surface area (Å²) < 4.78 is 0. The number of aromatic amines is 1. The molecule has 0 spiro atoms. The van der Waals surface area contributed by atoms with E-state index in [1.807, 2.05) is 42.5 Å². The predicted octanol–water partition coefficient (Wildman–Crippen LogP) is 2.59. The number of pyridine rings is 2. The number of nitrogens with zero attached hydrogens (tertiary/aromatic N) is 1. The van der Waals surface area contributed by atoms with Crippen LogP contribution >= 0.6 is 0 Å². The molecule has 0 aliphatic carbocycles. The van der Waals surface area contributed by atoms with Crippen molar-refractivity contribution in [2.45, 2.75) is 0 Å². The SMILES string of the molecule is O=c1ccc2c(-c3ccccc3)nccc2[nH]1. The highest BCUT2D eigenvalue weighted by Gasteiger charge is 2.04. The molecule has 2 aromatic heterocycles. The van der Waals surface area contributed by atoms with Crippen LogP contribution < -0.4 is 5.56 Å². The summed E-state index contributed by atoms with van der Waals surface area (Å²) in [5, 5.41) is 0.957. The molecule has 82 valence electrons. The Morgan fingerprint density at radius 3 is 2.59 bits per heavy atom. The van der Waals surface area contributed by atoms with E-state index in [1.54, 1.807) is 6.20 Å². The summed E-state index contributed by atoms with van der Waals surface area (Å²) in [4.78, 5) is 18.4. The van der Waals surface area contributed by atoms with Crippen molar-refractivity contribution >= 4 is 10.9 Å². The highest BCUT2D eigenvalue weighted by Crippen LogP contribution is 2.23. The molecule has 0 bridgehead atoms. The molecule has 0 fully saturated rings. The maximum Gasteiger partial charge on any atom is 0.248 e. The summed E-state index contributed by atoms with van der Waals surface area (Å²) in [6.45, 7) is 0. The van der Waals surface area contributed by atoms with E-state index in [9.17, 15) is 4.79 Å². The van der Waals surface area contributed by atoms with Crippen molar-refractivity contribution in [3.63, 3.8) is 0 Å². The van der Waals surface area contributed by atoms with Crippen molar-refractivity contribution in [3.05, 3.63) is 65.1 Å². The van der Waals surface area contributed by atoms with Gasteiger partial charge in [-0.1, -0.05) is 30.3 Å². The lowest BCUT2D eigenvalue weighted by atomic mass is 10.1. The second-order valence-corrected chi connectivity index (χ2v) is 3.81. The fourth-order valence-electron chi connectivity index (χ4n) is 1.91. The zero-order valence-electron chi connectivity index (χ0n) is 9.05. The van der Waals surface area contributed by atoms with Gasteiger partial charge in [0.1, 0.15) is 0 Å². The lowest BCUT2D eigenvalue weighted by molar-refractivity contribution is 1.28. The summed E-state index contributed by atoms with van der Waals surface area (Å²) >= 11 is 0. The topological polar surface area (TPSA) is 45.8 Å². The third kappa shape index (κ3) is 1.72. The lowest BCUT2D eigenvalue weighted by Gasteiger charge is -2.04. The van der Waals surface area contributed by atoms with E-state index in [1.165, 1.54) is 6.07 Å². The highest BCUT2D eigenvalue weighted by atomic mass is 16.1. The van der Waals surface area contributed by atoms with Crippen molar-refractivity contribution in [3.8, 4) is 11.3 Å². The number of nitrogens with one attached hydrogen (secondary N) is 1. The Labute approximate surface area is 97.8 Å². The Hall–Kier alpha value is -2.42. The van der Waals surface area contributed by atoms with Gasteiger partial charge in [0.25, 0.3) is 0 Å². The van der Waals surface area contributed by atoms with E-state index >= 15 is 0 Å². The Kier molecular flexibility index (Phi) is 2.22. The summed E-state index contributed by atoms with van der Waals surface area (Å²) in [6.07, 6.45) is 1.71. The first-order chi connectivity index (χ1) is 8.34. The molecule has 3 aromatic rings. The van der Waals surface area contributed by atoms with Crippen molar-refractivity contribution < 1.29 is 0 Å². The molecular formula is C14H10N2O. The molecule has 0 aliphatic heterocycles. The van der Waals surface area contributed by atoms with Crippen LogP contribution in [0.4, 0.5) is 0 Å². The van der Waals surface area contributed by atoms with E-state index in [4.69, 9.17) is 0 Å². The Morgan fingerprint density at radius 1 is 0.941 bits per heavy atom. The average molecular weight is 222 g/mol. The number of benzene rings is 1. The molecule has 17 heavy (non-hydrogen) atoms. The van der Waals surface area contributed by atoms with Crippen LogP contribution in [-0.2, 0) is 0 Å². The number of hydrogen-bond acceptors (Lipinski definition) is 2. The maximum atomic E-state index is 11.3.